The molecule has 2 nitrogen and oxygen atoms in total. The number of rotatable bonds is 1. The van der Waals surface area contributed by atoms with Gasteiger partial charge in [0.1, 0.15) is 5.84 Å². The van der Waals surface area contributed by atoms with Crippen molar-refractivity contribution in [2.45, 2.75) is 26.2 Å². The Morgan fingerprint density at radius 1 is 1.17 bits per heavy atom. The van der Waals surface area contributed by atoms with Gasteiger partial charge in [-0.05, 0) is 49.1 Å². The lowest BCUT2D eigenvalue weighted by Gasteiger charge is -2.29. The van der Waals surface area contributed by atoms with Crippen molar-refractivity contribution in [2.75, 3.05) is 0 Å². The average molecular weight is 357 g/mol. The molecule has 1 unspecified atom stereocenters. The van der Waals surface area contributed by atoms with Gasteiger partial charge < -0.3 is 0 Å². The molecular formula is C20H18Cl2N2. The largest absolute Gasteiger partial charge is 0.287 e. The Labute approximate surface area is 152 Å². The third kappa shape index (κ3) is 3.17. The maximum Gasteiger partial charge on any atom is 0.118 e. The first-order chi connectivity index (χ1) is 11.5. The number of halogens is 2. The monoisotopic (exact) mass is 356 g/mol. The van der Waals surface area contributed by atoms with Gasteiger partial charge >= 0.3 is 0 Å². The number of hydrogen-bond donors (Lipinski definition) is 1. The fourth-order valence-electron chi connectivity index (χ4n) is 3.20. The van der Waals surface area contributed by atoms with Gasteiger partial charge in [-0.15, -0.1) is 0 Å². The highest BCUT2D eigenvalue weighted by Gasteiger charge is 2.28. The van der Waals surface area contributed by atoms with Crippen LogP contribution >= 0.6 is 23.2 Å². The van der Waals surface area contributed by atoms with Gasteiger partial charge in [-0.2, -0.15) is 0 Å². The first-order valence-electron chi connectivity index (χ1n) is 7.85. The highest BCUT2D eigenvalue weighted by atomic mass is 35.5. The van der Waals surface area contributed by atoms with Gasteiger partial charge in [0.25, 0.3) is 0 Å². The Balaban J connectivity index is 2.19. The number of nitrogens with zero attached hydrogens (tertiary/aromatic N) is 1. The summed E-state index contributed by atoms with van der Waals surface area (Å²) in [5, 5.41) is 8.90. The predicted molar refractivity (Wildman–Crippen MR) is 103 cm³/mol. The molecule has 0 amide bonds. The van der Waals surface area contributed by atoms with Crippen LogP contribution in [-0.2, 0) is 0 Å². The lowest BCUT2D eigenvalue weighted by atomic mass is 9.75. The Morgan fingerprint density at radius 3 is 2.58 bits per heavy atom. The predicted octanol–water partition coefficient (Wildman–Crippen LogP) is 6.26. The van der Waals surface area contributed by atoms with E-state index in [4.69, 9.17) is 28.6 Å². The van der Waals surface area contributed by atoms with Crippen molar-refractivity contribution in [1.82, 2.24) is 0 Å². The van der Waals surface area contributed by atoms with E-state index >= 15 is 0 Å². The molecule has 3 rings (SSSR count). The molecule has 0 heterocycles. The van der Waals surface area contributed by atoms with E-state index < -0.39 is 0 Å². The number of aliphatic imine (C=N–C) groups is 1. The zero-order valence-electron chi connectivity index (χ0n) is 13.6. The molecule has 0 bridgehead atoms. The van der Waals surface area contributed by atoms with Crippen molar-refractivity contribution >= 4 is 34.7 Å². The molecule has 2 aromatic carbocycles. The Hall–Kier alpha value is -1.90. The fraction of sp³-hybridized carbons (Fsp3) is 0.200. The maximum absolute atomic E-state index is 7.76. The number of allylic oxidation sites excluding steroid dienone is 2. The molecule has 24 heavy (non-hydrogen) atoms. The van der Waals surface area contributed by atoms with E-state index in [1.807, 2.05) is 37.3 Å². The second kappa shape index (κ2) is 6.92. The molecule has 2 aromatic rings. The topological polar surface area (TPSA) is 36.2 Å². The minimum absolute atomic E-state index is 0.201. The van der Waals surface area contributed by atoms with Gasteiger partial charge in [-0.1, -0.05) is 59.6 Å². The van der Waals surface area contributed by atoms with E-state index in [2.05, 4.69) is 23.2 Å². The van der Waals surface area contributed by atoms with Crippen molar-refractivity contribution in [2.24, 2.45) is 4.99 Å². The van der Waals surface area contributed by atoms with E-state index in [9.17, 15) is 0 Å². The zero-order valence-corrected chi connectivity index (χ0v) is 15.1. The summed E-state index contributed by atoms with van der Waals surface area (Å²) in [6, 6.07) is 14.1. The number of benzene rings is 2. The zero-order chi connectivity index (χ0) is 17.3. The molecule has 122 valence electrons. The maximum atomic E-state index is 7.76. The summed E-state index contributed by atoms with van der Waals surface area (Å²) in [6.07, 6.45) is 2.92. The van der Waals surface area contributed by atoms with Gasteiger partial charge in [-0.25, -0.2) is 4.99 Å². The molecule has 0 aromatic heterocycles. The van der Waals surface area contributed by atoms with E-state index in [1.165, 1.54) is 5.56 Å². The molecule has 0 fully saturated rings. The van der Waals surface area contributed by atoms with Gasteiger partial charge in [0.2, 0.25) is 0 Å². The average Bonchev–Trinajstić information content (AvgIpc) is 2.57. The van der Waals surface area contributed by atoms with E-state index in [0.717, 1.165) is 28.8 Å². The molecule has 0 aliphatic heterocycles. The van der Waals surface area contributed by atoms with Crippen LogP contribution in [0.1, 0.15) is 42.9 Å². The van der Waals surface area contributed by atoms with Crippen LogP contribution in [-0.4, -0.2) is 11.5 Å². The molecule has 1 N–H and O–H groups in total. The van der Waals surface area contributed by atoms with Crippen LogP contribution in [0.5, 0.6) is 0 Å². The first kappa shape index (κ1) is 16.9. The van der Waals surface area contributed by atoms with Gasteiger partial charge in [0.05, 0.1) is 15.8 Å². The second-order valence-corrected chi connectivity index (χ2v) is 6.69. The molecule has 1 aliphatic carbocycles. The number of fused-ring (bicyclic) bond motifs is 1. The van der Waals surface area contributed by atoms with Crippen LogP contribution in [0, 0.1) is 5.41 Å². The summed E-state index contributed by atoms with van der Waals surface area (Å²) < 4.78 is 0. The highest BCUT2D eigenvalue weighted by Crippen LogP contribution is 2.40. The van der Waals surface area contributed by atoms with Crippen LogP contribution < -0.4 is 0 Å². The number of hydrogen-bond acceptors (Lipinski definition) is 1. The highest BCUT2D eigenvalue weighted by molar-refractivity contribution is 6.42. The van der Waals surface area contributed by atoms with Crippen LogP contribution in [0.25, 0.3) is 0 Å². The molecule has 0 saturated carbocycles. The molecule has 0 saturated heterocycles. The van der Waals surface area contributed by atoms with Crippen molar-refractivity contribution < 1.29 is 0 Å². The Kier molecular flexibility index (Phi) is 4.88. The standard InChI is InChI=1S/C20H18Cl2N2/c1-3-13-10-17(14-8-9-18(21)19(22)11-14)15-6-4-5-7-16(15)20(13)24-12(2)23/h3-9,11,17,23H,10H2,1-2H3/b13-3-,23-12?,24-20+. The van der Waals surface area contributed by atoms with E-state index in [0.29, 0.717) is 15.9 Å². The number of amidine groups is 1. The Bertz CT molecular complexity index is 866. The summed E-state index contributed by atoms with van der Waals surface area (Å²) in [5.74, 6) is 0.513. The molecule has 1 atom stereocenters. The van der Waals surface area contributed by atoms with Crippen molar-refractivity contribution in [3.63, 3.8) is 0 Å². The minimum Gasteiger partial charge on any atom is -0.287 e. The molecule has 0 radical (unpaired) electrons. The first-order valence-corrected chi connectivity index (χ1v) is 8.60. The van der Waals surface area contributed by atoms with Crippen molar-refractivity contribution in [3.8, 4) is 0 Å². The van der Waals surface area contributed by atoms with Gasteiger partial charge in [0, 0.05) is 11.5 Å². The van der Waals surface area contributed by atoms with E-state index in [-0.39, 0.29) is 5.92 Å². The minimum atomic E-state index is 0.201. The quantitative estimate of drug-likeness (QED) is 0.462. The van der Waals surface area contributed by atoms with Gasteiger partial charge in [-0.3, -0.25) is 5.41 Å². The van der Waals surface area contributed by atoms with Crippen molar-refractivity contribution in [3.05, 3.63) is 80.8 Å². The van der Waals surface area contributed by atoms with Crippen LogP contribution in [0.3, 0.4) is 0 Å². The SMILES string of the molecule is C/C=C1/CC(c2ccc(Cl)c(Cl)c2)c2ccccc2/C1=N/C(C)=N. The Morgan fingerprint density at radius 2 is 1.92 bits per heavy atom. The normalized spacial score (nSPS) is 20.2. The third-order valence-corrected chi connectivity index (χ3v) is 5.03. The summed E-state index contributed by atoms with van der Waals surface area (Å²) in [7, 11) is 0. The summed E-state index contributed by atoms with van der Waals surface area (Å²) in [6.45, 7) is 3.72. The summed E-state index contributed by atoms with van der Waals surface area (Å²) >= 11 is 12.3. The van der Waals surface area contributed by atoms with Gasteiger partial charge in [0.15, 0.2) is 0 Å². The molecular weight excluding hydrogens is 339 g/mol. The molecule has 1 aliphatic rings. The summed E-state index contributed by atoms with van der Waals surface area (Å²) in [4.78, 5) is 4.47. The molecule has 0 spiro atoms. The summed E-state index contributed by atoms with van der Waals surface area (Å²) in [5.41, 5.74) is 5.48. The van der Waals surface area contributed by atoms with Crippen LogP contribution in [0.15, 0.2) is 59.1 Å². The second-order valence-electron chi connectivity index (χ2n) is 5.88. The van der Waals surface area contributed by atoms with Crippen LogP contribution in [0.4, 0.5) is 0 Å². The lowest BCUT2D eigenvalue weighted by Crippen LogP contribution is -2.21. The third-order valence-electron chi connectivity index (χ3n) is 4.29. The van der Waals surface area contributed by atoms with Crippen molar-refractivity contribution in [1.29, 1.82) is 5.41 Å². The fourth-order valence-corrected chi connectivity index (χ4v) is 3.50. The van der Waals surface area contributed by atoms with Crippen LogP contribution in [0.2, 0.25) is 10.0 Å². The smallest absolute Gasteiger partial charge is 0.118 e. The number of nitrogens with one attached hydrogen (secondary N) is 1. The molecule has 4 heteroatoms. The van der Waals surface area contributed by atoms with E-state index in [1.54, 1.807) is 6.92 Å². The lowest BCUT2D eigenvalue weighted by molar-refractivity contribution is 0.797.